The van der Waals surface area contributed by atoms with Crippen LogP contribution in [0.4, 0.5) is 0 Å². The van der Waals surface area contributed by atoms with Crippen LogP contribution in [0.15, 0.2) is 46.2 Å². The van der Waals surface area contributed by atoms with Crippen molar-refractivity contribution < 1.29 is 4.79 Å². The highest BCUT2D eigenvalue weighted by Gasteiger charge is 2.30. The Morgan fingerprint density at radius 3 is 2.67 bits per heavy atom. The smallest absolute Gasteiger partial charge is 0.332 e. The van der Waals surface area contributed by atoms with Crippen LogP contribution < -0.4 is 11.2 Å². The van der Waals surface area contributed by atoms with Crippen LogP contribution >= 0.6 is 0 Å². The van der Waals surface area contributed by atoms with Gasteiger partial charge in [0.1, 0.15) is 6.54 Å². The average Bonchev–Trinajstić information content (AvgIpc) is 3.31. The normalized spacial score (nSPS) is 17.0. The number of aryl methyl sites for hydroxylation is 2. The molecule has 1 atom stereocenters. The molecule has 0 spiro atoms. The van der Waals surface area contributed by atoms with Crippen LogP contribution in [0.2, 0.25) is 0 Å². The first-order valence-electron chi connectivity index (χ1n) is 8.94. The number of likely N-dealkylation sites (tertiary alicyclic amines) is 1. The van der Waals surface area contributed by atoms with E-state index in [1.807, 2.05) is 30.3 Å². The van der Waals surface area contributed by atoms with Crippen LogP contribution in [0.25, 0.3) is 11.2 Å². The Kier molecular flexibility index (Phi) is 4.18. The van der Waals surface area contributed by atoms with Gasteiger partial charge in [-0.1, -0.05) is 30.3 Å². The van der Waals surface area contributed by atoms with Gasteiger partial charge in [-0.25, -0.2) is 14.3 Å². The van der Waals surface area contributed by atoms with Gasteiger partial charge in [-0.05, 0) is 18.4 Å². The van der Waals surface area contributed by atoms with E-state index in [9.17, 15) is 14.4 Å². The van der Waals surface area contributed by atoms with Crippen molar-refractivity contribution in [3.05, 3.63) is 63.1 Å². The van der Waals surface area contributed by atoms with E-state index in [1.54, 1.807) is 23.6 Å². The van der Waals surface area contributed by atoms with Crippen molar-refractivity contribution in [1.29, 1.82) is 0 Å². The minimum absolute atomic E-state index is 0.0151. The second-order valence-electron chi connectivity index (χ2n) is 6.92. The van der Waals surface area contributed by atoms with Crippen molar-refractivity contribution in [2.24, 2.45) is 14.1 Å². The number of carbonyl (C=O) groups is 1. The molecule has 1 fully saturated rings. The highest BCUT2D eigenvalue weighted by atomic mass is 16.2. The van der Waals surface area contributed by atoms with Gasteiger partial charge in [0.2, 0.25) is 5.91 Å². The van der Waals surface area contributed by atoms with Gasteiger partial charge in [-0.2, -0.15) is 0 Å². The van der Waals surface area contributed by atoms with Crippen molar-refractivity contribution in [3.8, 4) is 0 Å². The standard InChI is InChI=1S/C19H21N5O3/c1-21-12-20-17-16(21)18(26)24(19(27)22(17)2)11-15(25)23-10-6-9-14(23)13-7-4-3-5-8-13/h3-5,7-8,12,14H,6,9-11H2,1-2H3. The number of hydrogen-bond donors (Lipinski definition) is 0. The molecule has 8 heteroatoms. The van der Waals surface area contributed by atoms with E-state index in [0.29, 0.717) is 17.7 Å². The first-order valence-corrected chi connectivity index (χ1v) is 8.94. The Hall–Kier alpha value is -3.16. The Balaban J connectivity index is 1.70. The second-order valence-corrected chi connectivity index (χ2v) is 6.92. The molecule has 0 radical (unpaired) electrons. The molecule has 1 aliphatic heterocycles. The molecule has 1 amide bonds. The SMILES string of the molecule is Cn1cnc2c1c(=O)n(CC(=O)N1CCCC1c1ccccc1)c(=O)n2C. The van der Waals surface area contributed by atoms with Gasteiger partial charge in [0.25, 0.3) is 5.56 Å². The van der Waals surface area contributed by atoms with Gasteiger partial charge in [0.15, 0.2) is 11.2 Å². The van der Waals surface area contributed by atoms with E-state index in [-0.39, 0.29) is 18.5 Å². The Labute approximate surface area is 155 Å². The summed E-state index contributed by atoms with van der Waals surface area (Å²) >= 11 is 0. The molecule has 3 heterocycles. The average molecular weight is 367 g/mol. The summed E-state index contributed by atoms with van der Waals surface area (Å²) in [6.45, 7) is 0.359. The zero-order chi connectivity index (χ0) is 19.1. The highest BCUT2D eigenvalue weighted by molar-refractivity contribution is 5.77. The maximum absolute atomic E-state index is 13.0. The fourth-order valence-corrected chi connectivity index (χ4v) is 3.85. The van der Waals surface area contributed by atoms with Crippen LogP contribution in [0.1, 0.15) is 24.4 Å². The monoisotopic (exact) mass is 367 g/mol. The summed E-state index contributed by atoms with van der Waals surface area (Å²) in [7, 11) is 3.25. The lowest BCUT2D eigenvalue weighted by Gasteiger charge is -2.25. The minimum atomic E-state index is -0.532. The van der Waals surface area contributed by atoms with Gasteiger partial charge in [0, 0.05) is 20.6 Å². The molecule has 140 valence electrons. The van der Waals surface area contributed by atoms with Crippen LogP contribution in [0, 0.1) is 0 Å². The number of benzene rings is 1. The summed E-state index contributed by atoms with van der Waals surface area (Å²) in [4.78, 5) is 44.3. The quantitative estimate of drug-likeness (QED) is 0.686. The van der Waals surface area contributed by atoms with E-state index < -0.39 is 11.2 Å². The molecule has 0 saturated carbocycles. The van der Waals surface area contributed by atoms with Gasteiger partial charge in [-0.15, -0.1) is 0 Å². The van der Waals surface area contributed by atoms with E-state index in [1.165, 1.54) is 10.9 Å². The summed E-state index contributed by atoms with van der Waals surface area (Å²) in [5, 5.41) is 0. The van der Waals surface area contributed by atoms with Gasteiger partial charge < -0.3 is 9.47 Å². The number of amides is 1. The molecular weight excluding hydrogens is 346 g/mol. The van der Waals surface area contributed by atoms with Crippen molar-refractivity contribution in [3.63, 3.8) is 0 Å². The molecule has 1 aromatic carbocycles. The van der Waals surface area contributed by atoms with E-state index >= 15 is 0 Å². The Morgan fingerprint density at radius 2 is 1.93 bits per heavy atom. The fraction of sp³-hybridized carbons (Fsp3) is 0.368. The lowest BCUT2D eigenvalue weighted by Crippen LogP contribution is -2.44. The molecule has 3 aromatic rings. The Morgan fingerprint density at radius 1 is 1.19 bits per heavy atom. The number of carbonyl (C=O) groups excluding carboxylic acids is 1. The predicted molar refractivity (Wildman–Crippen MR) is 100 cm³/mol. The number of nitrogens with zero attached hydrogens (tertiary/aromatic N) is 5. The van der Waals surface area contributed by atoms with E-state index in [4.69, 9.17) is 0 Å². The molecule has 2 aromatic heterocycles. The fourth-order valence-electron chi connectivity index (χ4n) is 3.85. The van der Waals surface area contributed by atoms with Gasteiger partial charge in [-0.3, -0.25) is 14.2 Å². The van der Waals surface area contributed by atoms with Crippen LogP contribution in [-0.2, 0) is 25.4 Å². The Bertz CT molecular complexity index is 1130. The zero-order valence-electron chi connectivity index (χ0n) is 15.3. The lowest BCUT2D eigenvalue weighted by atomic mass is 10.0. The minimum Gasteiger partial charge on any atom is -0.334 e. The third-order valence-corrected chi connectivity index (χ3v) is 5.25. The van der Waals surface area contributed by atoms with Crippen molar-refractivity contribution in [2.75, 3.05) is 6.54 Å². The van der Waals surface area contributed by atoms with Crippen LogP contribution in [0.5, 0.6) is 0 Å². The summed E-state index contributed by atoms with van der Waals surface area (Å²) < 4.78 is 3.89. The molecule has 1 saturated heterocycles. The molecule has 0 aliphatic carbocycles. The second kappa shape index (κ2) is 6.53. The number of fused-ring (bicyclic) bond motifs is 1. The van der Waals surface area contributed by atoms with E-state index in [0.717, 1.165) is 23.0 Å². The summed E-state index contributed by atoms with van der Waals surface area (Å²) in [6, 6.07) is 9.84. The molecular formula is C19H21N5O3. The summed E-state index contributed by atoms with van der Waals surface area (Å²) in [6.07, 6.45) is 3.27. The summed E-state index contributed by atoms with van der Waals surface area (Å²) in [5.74, 6) is -0.220. The maximum atomic E-state index is 13.0. The lowest BCUT2D eigenvalue weighted by molar-refractivity contribution is -0.132. The largest absolute Gasteiger partial charge is 0.334 e. The third-order valence-electron chi connectivity index (χ3n) is 5.25. The van der Waals surface area contributed by atoms with Crippen molar-refractivity contribution in [2.45, 2.75) is 25.4 Å². The van der Waals surface area contributed by atoms with Gasteiger partial charge in [0.05, 0.1) is 12.4 Å². The number of hydrogen-bond acceptors (Lipinski definition) is 4. The zero-order valence-corrected chi connectivity index (χ0v) is 15.3. The molecule has 1 aliphatic rings. The number of imidazole rings is 1. The first-order chi connectivity index (χ1) is 13.0. The van der Waals surface area contributed by atoms with E-state index in [2.05, 4.69) is 4.98 Å². The van der Waals surface area contributed by atoms with Crippen molar-refractivity contribution in [1.82, 2.24) is 23.6 Å². The van der Waals surface area contributed by atoms with Crippen LogP contribution in [0.3, 0.4) is 0 Å². The molecule has 0 bridgehead atoms. The number of rotatable bonds is 3. The van der Waals surface area contributed by atoms with Crippen LogP contribution in [-0.4, -0.2) is 36.0 Å². The molecule has 27 heavy (non-hydrogen) atoms. The predicted octanol–water partition coefficient (Wildman–Crippen LogP) is 0.797. The van der Waals surface area contributed by atoms with Crippen molar-refractivity contribution >= 4 is 17.1 Å². The first kappa shape index (κ1) is 17.3. The maximum Gasteiger partial charge on any atom is 0.332 e. The molecule has 1 unspecified atom stereocenters. The number of aromatic nitrogens is 4. The molecule has 4 rings (SSSR count). The topological polar surface area (TPSA) is 82.1 Å². The summed E-state index contributed by atoms with van der Waals surface area (Å²) in [5.41, 5.74) is 0.683. The van der Waals surface area contributed by atoms with Gasteiger partial charge >= 0.3 is 5.69 Å². The molecule has 8 nitrogen and oxygen atoms in total. The highest BCUT2D eigenvalue weighted by Crippen LogP contribution is 2.31. The third kappa shape index (κ3) is 2.77. The molecule has 0 N–H and O–H groups in total.